The molecule has 7 heteroatoms. The zero-order chi connectivity index (χ0) is 19.6. The Bertz CT molecular complexity index is 830. The van der Waals surface area contributed by atoms with Crippen LogP contribution in [0, 0.1) is 11.3 Å². The molecular formula is C20H22N2O5. The summed E-state index contributed by atoms with van der Waals surface area (Å²) < 4.78 is 15.9. The number of hydrogen-bond donors (Lipinski definition) is 2. The number of nitrogens with zero attached hydrogens (tertiary/aromatic N) is 1. The van der Waals surface area contributed by atoms with Crippen molar-refractivity contribution in [3.8, 4) is 29.1 Å². The molecule has 0 atom stereocenters. The maximum Gasteiger partial charge on any atom is 0.220 e. The molecular weight excluding hydrogens is 348 g/mol. The number of aromatic hydroxyl groups is 1. The van der Waals surface area contributed by atoms with Gasteiger partial charge in [-0.25, -0.2) is 0 Å². The number of nitriles is 1. The van der Waals surface area contributed by atoms with Crippen LogP contribution in [0.4, 0.5) is 0 Å². The number of rotatable bonds is 9. The van der Waals surface area contributed by atoms with Crippen LogP contribution in [-0.4, -0.2) is 31.8 Å². The first kappa shape index (κ1) is 19.9. The van der Waals surface area contributed by atoms with E-state index in [0.29, 0.717) is 48.8 Å². The number of ether oxygens (including phenoxy) is 3. The van der Waals surface area contributed by atoms with Crippen molar-refractivity contribution in [1.82, 2.24) is 5.32 Å². The Labute approximate surface area is 158 Å². The van der Waals surface area contributed by atoms with Crippen LogP contribution >= 0.6 is 0 Å². The summed E-state index contributed by atoms with van der Waals surface area (Å²) in [6.45, 7) is 0.697. The molecule has 2 aromatic carbocycles. The minimum atomic E-state index is -0.0996. The van der Waals surface area contributed by atoms with Gasteiger partial charge in [-0.3, -0.25) is 4.79 Å². The van der Waals surface area contributed by atoms with Crippen molar-refractivity contribution in [2.45, 2.75) is 19.4 Å². The Morgan fingerprint density at radius 3 is 2.59 bits per heavy atom. The van der Waals surface area contributed by atoms with E-state index in [0.717, 1.165) is 5.56 Å². The van der Waals surface area contributed by atoms with Crippen molar-refractivity contribution in [1.29, 1.82) is 5.26 Å². The normalized spacial score (nSPS) is 9.96. The van der Waals surface area contributed by atoms with Crippen LogP contribution in [0.1, 0.15) is 24.0 Å². The molecule has 142 valence electrons. The number of phenolic OH excluding ortho intramolecular Hbond substituents is 1. The van der Waals surface area contributed by atoms with Gasteiger partial charge in [-0.05, 0) is 36.2 Å². The summed E-state index contributed by atoms with van der Waals surface area (Å²) >= 11 is 0. The third-order valence-electron chi connectivity index (χ3n) is 3.83. The Morgan fingerprint density at radius 1 is 1.11 bits per heavy atom. The van der Waals surface area contributed by atoms with E-state index in [4.69, 9.17) is 19.5 Å². The van der Waals surface area contributed by atoms with Gasteiger partial charge in [0.2, 0.25) is 5.91 Å². The second-order valence-electron chi connectivity index (χ2n) is 5.71. The number of phenols is 1. The minimum Gasteiger partial charge on any atom is -0.504 e. The molecule has 2 rings (SSSR count). The SMILES string of the molecule is COc1cc(CNC(=O)CCCOc2ccc(C#N)cc2OC)ccc1O. The van der Waals surface area contributed by atoms with Crippen molar-refractivity contribution in [3.05, 3.63) is 47.5 Å². The lowest BCUT2D eigenvalue weighted by Crippen LogP contribution is -2.23. The van der Waals surface area contributed by atoms with Crippen LogP contribution in [0.5, 0.6) is 23.0 Å². The van der Waals surface area contributed by atoms with Gasteiger partial charge in [0.15, 0.2) is 23.0 Å². The molecule has 2 N–H and O–H groups in total. The number of carbonyl (C=O) groups is 1. The first-order chi connectivity index (χ1) is 13.1. The van der Waals surface area contributed by atoms with Gasteiger partial charge in [-0.1, -0.05) is 6.07 Å². The molecule has 0 heterocycles. The lowest BCUT2D eigenvalue weighted by molar-refractivity contribution is -0.121. The molecule has 0 bridgehead atoms. The zero-order valence-corrected chi connectivity index (χ0v) is 15.3. The molecule has 0 radical (unpaired) electrons. The lowest BCUT2D eigenvalue weighted by atomic mass is 10.2. The quantitative estimate of drug-likeness (QED) is 0.658. The molecule has 0 spiro atoms. The van der Waals surface area contributed by atoms with Crippen molar-refractivity contribution in [2.24, 2.45) is 0 Å². The van der Waals surface area contributed by atoms with Crippen LogP contribution in [0.25, 0.3) is 0 Å². The average Bonchev–Trinajstić information content (AvgIpc) is 2.70. The summed E-state index contributed by atoms with van der Waals surface area (Å²) in [4.78, 5) is 11.9. The van der Waals surface area contributed by atoms with Gasteiger partial charge in [0.25, 0.3) is 0 Å². The van der Waals surface area contributed by atoms with E-state index in [-0.39, 0.29) is 11.7 Å². The van der Waals surface area contributed by atoms with Gasteiger partial charge >= 0.3 is 0 Å². The van der Waals surface area contributed by atoms with E-state index in [1.54, 1.807) is 30.3 Å². The van der Waals surface area contributed by atoms with Crippen LogP contribution in [0.3, 0.4) is 0 Å². The predicted octanol–water partition coefficient (Wildman–Crippen LogP) is 2.76. The number of nitrogens with one attached hydrogen (secondary N) is 1. The number of benzene rings is 2. The first-order valence-electron chi connectivity index (χ1n) is 8.41. The molecule has 2 aromatic rings. The smallest absolute Gasteiger partial charge is 0.220 e. The van der Waals surface area contributed by atoms with E-state index >= 15 is 0 Å². The van der Waals surface area contributed by atoms with E-state index in [9.17, 15) is 9.90 Å². The molecule has 0 aliphatic carbocycles. The highest BCUT2D eigenvalue weighted by Gasteiger charge is 2.08. The van der Waals surface area contributed by atoms with E-state index < -0.39 is 0 Å². The predicted molar refractivity (Wildman–Crippen MR) is 98.9 cm³/mol. The fraction of sp³-hybridized carbons (Fsp3) is 0.300. The molecule has 0 fully saturated rings. The van der Waals surface area contributed by atoms with Crippen molar-refractivity contribution < 1.29 is 24.1 Å². The molecule has 0 aromatic heterocycles. The Kier molecular flexibility index (Phi) is 7.32. The number of hydrogen-bond acceptors (Lipinski definition) is 6. The maximum absolute atomic E-state index is 11.9. The third kappa shape index (κ3) is 5.82. The fourth-order valence-electron chi connectivity index (χ4n) is 2.39. The standard InChI is InChI=1S/C20H22N2O5/c1-25-18-11-15(5-7-16(18)23)13-22-20(24)4-3-9-27-17-8-6-14(12-21)10-19(17)26-2/h5-8,10-11,23H,3-4,9,13H2,1-2H3,(H,22,24). The molecule has 7 nitrogen and oxygen atoms in total. The van der Waals surface area contributed by atoms with E-state index in [1.807, 2.05) is 6.07 Å². The van der Waals surface area contributed by atoms with E-state index in [1.165, 1.54) is 20.3 Å². The fourth-order valence-corrected chi connectivity index (χ4v) is 2.39. The van der Waals surface area contributed by atoms with Gasteiger partial charge < -0.3 is 24.6 Å². The van der Waals surface area contributed by atoms with Crippen molar-refractivity contribution >= 4 is 5.91 Å². The van der Waals surface area contributed by atoms with E-state index in [2.05, 4.69) is 5.32 Å². The number of carbonyl (C=O) groups excluding carboxylic acids is 1. The molecule has 0 aliphatic heterocycles. The Morgan fingerprint density at radius 2 is 1.89 bits per heavy atom. The summed E-state index contributed by atoms with van der Waals surface area (Å²) in [7, 11) is 2.98. The number of amides is 1. The summed E-state index contributed by atoms with van der Waals surface area (Å²) in [6, 6.07) is 11.9. The van der Waals surface area contributed by atoms with Crippen molar-refractivity contribution in [2.75, 3.05) is 20.8 Å². The van der Waals surface area contributed by atoms with Gasteiger partial charge in [0, 0.05) is 19.0 Å². The molecule has 0 saturated heterocycles. The molecule has 27 heavy (non-hydrogen) atoms. The topological polar surface area (TPSA) is 101 Å². The van der Waals surface area contributed by atoms with Gasteiger partial charge in [-0.2, -0.15) is 5.26 Å². The maximum atomic E-state index is 11.9. The number of methoxy groups -OCH3 is 2. The Balaban J connectivity index is 1.74. The summed E-state index contributed by atoms with van der Waals surface area (Å²) in [5.41, 5.74) is 1.32. The lowest BCUT2D eigenvalue weighted by Gasteiger charge is -2.11. The average molecular weight is 370 g/mol. The molecule has 1 amide bonds. The summed E-state index contributed by atoms with van der Waals surface area (Å²) in [5, 5.41) is 21.3. The summed E-state index contributed by atoms with van der Waals surface area (Å²) in [5.74, 6) is 1.35. The highest BCUT2D eigenvalue weighted by atomic mass is 16.5. The monoisotopic (exact) mass is 370 g/mol. The second kappa shape index (κ2) is 9.92. The third-order valence-corrected chi connectivity index (χ3v) is 3.83. The van der Waals surface area contributed by atoms with Gasteiger partial charge in [0.05, 0.1) is 32.5 Å². The first-order valence-corrected chi connectivity index (χ1v) is 8.41. The Hall–Kier alpha value is -3.40. The molecule has 0 saturated carbocycles. The molecule has 0 aliphatic rings. The van der Waals surface area contributed by atoms with Crippen molar-refractivity contribution in [3.63, 3.8) is 0 Å². The second-order valence-corrected chi connectivity index (χ2v) is 5.71. The summed E-state index contributed by atoms with van der Waals surface area (Å²) in [6.07, 6.45) is 0.849. The zero-order valence-electron chi connectivity index (χ0n) is 15.3. The minimum absolute atomic E-state index is 0.0583. The highest BCUT2D eigenvalue weighted by Crippen LogP contribution is 2.28. The van der Waals surface area contributed by atoms with Gasteiger partial charge in [-0.15, -0.1) is 0 Å². The van der Waals surface area contributed by atoms with Gasteiger partial charge in [0.1, 0.15) is 0 Å². The van der Waals surface area contributed by atoms with Crippen LogP contribution in [0.2, 0.25) is 0 Å². The van der Waals surface area contributed by atoms with Crippen LogP contribution in [0.15, 0.2) is 36.4 Å². The highest BCUT2D eigenvalue weighted by molar-refractivity contribution is 5.75. The van der Waals surface area contributed by atoms with Crippen LogP contribution < -0.4 is 19.5 Å². The molecule has 0 unspecified atom stereocenters. The largest absolute Gasteiger partial charge is 0.504 e. The van der Waals surface area contributed by atoms with Crippen LogP contribution in [-0.2, 0) is 11.3 Å².